The number of carbonyl (C=O) groups excluding carboxylic acids is 1. The monoisotopic (exact) mass is 281 g/mol. The van der Waals surface area contributed by atoms with Gasteiger partial charge in [-0.05, 0) is 39.0 Å². The number of hydrogen-bond donors (Lipinski definition) is 1. The fourth-order valence-corrected chi connectivity index (χ4v) is 1.55. The molecule has 0 unspecified atom stereocenters. The lowest BCUT2D eigenvalue weighted by atomic mass is 10.1. The third kappa shape index (κ3) is 4.74. The fourth-order valence-electron chi connectivity index (χ4n) is 1.55. The van der Waals surface area contributed by atoms with Crippen molar-refractivity contribution in [3.8, 4) is 5.75 Å². The predicted octanol–water partition coefficient (Wildman–Crippen LogP) is 2.64. The highest BCUT2D eigenvalue weighted by atomic mass is 16.5. The smallest absolute Gasteiger partial charge is 0.341 e. The van der Waals surface area contributed by atoms with E-state index in [2.05, 4.69) is 0 Å². The van der Waals surface area contributed by atoms with Gasteiger partial charge in [-0.2, -0.15) is 0 Å². The zero-order valence-electron chi connectivity index (χ0n) is 12.6. The van der Waals surface area contributed by atoms with Gasteiger partial charge in [-0.15, -0.1) is 0 Å². The molecule has 0 spiro atoms. The first kappa shape index (κ1) is 16.3. The molecule has 5 nitrogen and oxygen atoms in total. The molecule has 0 radical (unpaired) electrons. The number of nitrogens with two attached hydrogens (primary N) is 1. The molecule has 0 saturated carbocycles. The third-order valence-corrected chi connectivity index (χ3v) is 3.01. The first-order valence-electron chi connectivity index (χ1n) is 6.64. The van der Waals surface area contributed by atoms with Crippen molar-refractivity contribution in [2.45, 2.75) is 32.8 Å². The summed E-state index contributed by atoms with van der Waals surface area (Å²) in [6, 6.07) is 4.94. The number of ether oxygens (including phenoxy) is 3. The van der Waals surface area contributed by atoms with E-state index >= 15 is 0 Å². The summed E-state index contributed by atoms with van der Waals surface area (Å²) < 4.78 is 16.0. The van der Waals surface area contributed by atoms with Gasteiger partial charge in [0.2, 0.25) is 0 Å². The van der Waals surface area contributed by atoms with E-state index in [9.17, 15) is 4.79 Å². The van der Waals surface area contributed by atoms with Gasteiger partial charge < -0.3 is 19.9 Å². The van der Waals surface area contributed by atoms with E-state index in [1.54, 1.807) is 32.2 Å². The number of hydrogen-bond acceptors (Lipinski definition) is 5. The molecule has 0 fully saturated rings. The number of anilines is 1. The van der Waals surface area contributed by atoms with Crippen molar-refractivity contribution < 1.29 is 19.0 Å². The van der Waals surface area contributed by atoms with Gasteiger partial charge in [0, 0.05) is 19.2 Å². The normalized spacial score (nSPS) is 11.2. The summed E-state index contributed by atoms with van der Waals surface area (Å²) in [4.78, 5) is 11.9. The zero-order valence-corrected chi connectivity index (χ0v) is 12.6. The number of nitrogen functional groups attached to an aromatic ring is 1. The highest BCUT2D eigenvalue weighted by Gasteiger charge is 2.18. The largest absolute Gasteiger partial charge is 0.493 e. The van der Waals surface area contributed by atoms with Gasteiger partial charge in [0.05, 0.1) is 18.8 Å². The maximum absolute atomic E-state index is 11.9. The summed E-state index contributed by atoms with van der Waals surface area (Å²) in [5, 5.41) is 0. The molecule has 0 amide bonds. The molecule has 0 aliphatic carbocycles. The minimum Gasteiger partial charge on any atom is -0.493 e. The van der Waals surface area contributed by atoms with E-state index in [1.165, 1.54) is 0 Å². The van der Waals surface area contributed by atoms with Crippen molar-refractivity contribution in [3.05, 3.63) is 23.8 Å². The van der Waals surface area contributed by atoms with Gasteiger partial charge in [-0.25, -0.2) is 4.79 Å². The number of rotatable bonds is 7. The Kier molecular flexibility index (Phi) is 5.82. The molecule has 1 aromatic carbocycles. The van der Waals surface area contributed by atoms with Gasteiger partial charge in [0.25, 0.3) is 0 Å². The van der Waals surface area contributed by atoms with Crippen molar-refractivity contribution in [1.82, 2.24) is 0 Å². The zero-order chi connectivity index (χ0) is 15.2. The number of benzene rings is 1. The summed E-state index contributed by atoms with van der Waals surface area (Å²) in [5.41, 5.74) is 6.28. The molecular weight excluding hydrogens is 258 g/mol. The highest BCUT2D eigenvalue weighted by Crippen LogP contribution is 2.23. The molecule has 112 valence electrons. The van der Waals surface area contributed by atoms with Crippen LogP contribution < -0.4 is 10.5 Å². The van der Waals surface area contributed by atoms with Crippen LogP contribution in [0.1, 0.15) is 37.6 Å². The molecule has 0 aliphatic heterocycles. The van der Waals surface area contributed by atoms with E-state index in [-0.39, 0.29) is 5.60 Å². The van der Waals surface area contributed by atoms with Gasteiger partial charge in [-0.3, -0.25) is 0 Å². The summed E-state index contributed by atoms with van der Waals surface area (Å²) in [5.74, 6) is 0.0466. The lowest BCUT2D eigenvalue weighted by molar-refractivity contribution is 0.00534. The molecule has 2 N–H and O–H groups in total. The molecule has 20 heavy (non-hydrogen) atoms. The van der Waals surface area contributed by atoms with Gasteiger partial charge >= 0.3 is 5.97 Å². The Morgan fingerprint density at radius 1 is 1.35 bits per heavy atom. The first-order chi connectivity index (χ1) is 9.39. The van der Waals surface area contributed by atoms with Crippen LogP contribution in [0.15, 0.2) is 18.2 Å². The van der Waals surface area contributed by atoms with Gasteiger partial charge in [0.15, 0.2) is 0 Å². The maximum Gasteiger partial charge on any atom is 0.341 e. The lowest BCUT2D eigenvalue weighted by Gasteiger charge is -2.23. The van der Waals surface area contributed by atoms with Gasteiger partial charge in [-0.1, -0.05) is 0 Å². The molecule has 0 bridgehead atoms. The fraction of sp³-hybridized carbons (Fsp3) is 0.533. The number of methoxy groups -OCH3 is 1. The van der Waals surface area contributed by atoms with Crippen molar-refractivity contribution in [3.63, 3.8) is 0 Å². The van der Waals surface area contributed by atoms with E-state index in [4.69, 9.17) is 19.9 Å². The van der Waals surface area contributed by atoms with E-state index in [0.717, 1.165) is 0 Å². The van der Waals surface area contributed by atoms with Crippen LogP contribution in [-0.2, 0) is 9.47 Å². The standard InChI is InChI=1S/C15H23NO4/c1-5-19-14(17)12-10-11(16)6-7-13(12)20-9-8-15(2,3)18-4/h6-7,10H,5,8-9,16H2,1-4H3. The summed E-state index contributed by atoms with van der Waals surface area (Å²) >= 11 is 0. The minimum atomic E-state index is -0.430. The molecule has 5 heteroatoms. The Morgan fingerprint density at radius 3 is 2.65 bits per heavy atom. The number of esters is 1. The van der Waals surface area contributed by atoms with Gasteiger partial charge in [0.1, 0.15) is 11.3 Å². The third-order valence-electron chi connectivity index (χ3n) is 3.01. The van der Waals surface area contributed by atoms with Crippen LogP contribution in [0, 0.1) is 0 Å². The molecule has 0 aliphatic rings. The molecule has 0 heterocycles. The second-order valence-corrected chi connectivity index (χ2v) is 5.04. The van der Waals surface area contributed by atoms with Crippen molar-refractivity contribution >= 4 is 11.7 Å². The van der Waals surface area contributed by atoms with Crippen LogP contribution in [0.3, 0.4) is 0 Å². The number of carbonyl (C=O) groups is 1. The van der Waals surface area contributed by atoms with Crippen molar-refractivity contribution in [2.75, 3.05) is 26.1 Å². The second kappa shape index (κ2) is 7.14. The summed E-state index contributed by atoms with van der Waals surface area (Å²) in [6.45, 7) is 6.46. The summed E-state index contributed by atoms with van der Waals surface area (Å²) in [7, 11) is 1.66. The van der Waals surface area contributed by atoms with Crippen LogP contribution in [0.2, 0.25) is 0 Å². The van der Waals surface area contributed by atoms with Crippen LogP contribution in [0.5, 0.6) is 5.75 Å². The van der Waals surface area contributed by atoms with Crippen LogP contribution in [0.4, 0.5) is 5.69 Å². The molecule has 1 aromatic rings. The highest BCUT2D eigenvalue weighted by molar-refractivity contribution is 5.93. The van der Waals surface area contributed by atoms with Crippen LogP contribution >= 0.6 is 0 Å². The molecule has 0 saturated heterocycles. The lowest BCUT2D eigenvalue weighted by Crippen LogP contribution is -2.25. The van der Waals surface area contributed by atoms with Crippen LogP contribution in [-0.4, -0.2) is 31.9 Å². The quantitative estimate of drug-likeness (QED) is 0.614. The van der Waals surface area contributed by atoms with Crippen LogP contribution in [0.25, 0.3) is 0 Å². The Hall–Kier alpha value is -1.75. The molecule has 1 rings (SSSR count). The van der Waals surface area contributed by atoms with Crippen molar-refractivity contribution in [1.29, 1.82) is 0 Å². The van der Waals surface area contributed by atoms with E-state index in [0.29, 0.717) is 36.6 Å². The molecule has 0 atom stereocenters. The van der Waals surface area contributed by atoms with Crippen molar-refractivity contribution in [2.24, 2.45) is 0 Å². The Labute approximate surface area is 120 Å². The molecular formula is C15H23NO4. The minimum absolute atomic E-state index is 0.266. The topological polar surface area (TPSA) is 70.8 Å². The maximum atomic E-state index is 11.9. The average molecular weight is 281 g/mol. The Bertz CT molecular complexity index is 457. The predicted molar refractivity (Wildman–Crippen MR) is 78.0 cm³/mol. The second-order valence-electron chi connectivity index (χ2n) is 5.04. The Morgan fingerprint density at radius 2 is 2.05 bits per heavy atom. The first-order valence-corrected chi connectivity index (χ1v) is 6.64. The Balaban J connectivity index is 2.76. The SMILES string of the molecule is CCOC(=O)c1cc(N)ccc1OCCC(C)(C)OC. The van der Waals surface area contributed by atoms with E-state index in [1.807, 2.05) is 13.8 Å². The molecule has 0 aromatic heterocycles. The average Bonchev–Trinajstić information content (AvgIpc) is 2.40. The summed E-state index contributed by atoms with van der Waals surface area (Å²) in [6.07, 6.45) is 0.705. The van der Waals surface area contributed by atoms with E-state index < -0.39 is 5.97 Å².